The second-order valence-corrected chi connectivity index (χ2v) is 3.30. The Balaban J connectivity index is 2.32. The number of ether oxygens (including phenoxy) is 1. The lowest BCUT2D eigenvalue weighted by Gasteiger charge is -2.17. The van der Waals surface area contributed by atoms with Gasteiger partial charge < -0.3 is 9.64 Å². The predicted molar refractivity (Wildman–Crippen MR) is 42.4 cm³/mol. The van der Waals surface area contributed by atoms with Crippen LogP contribution in [0.25, 0.3) is 0 Å². The number of methoxy groups -OCH3 is 1. The first kappa shape index (κ1) is 8.94. The van der Waals surface area contributed by atoms with Gasteiger partial charge in [0.25, 0.3) is 0 Å². The Morgan fingerprint density at radius 1 is 1.64 bits per heavy atom. The van der Waals surface area contributed by atoms with Gasteiger partial charge in [-0.15, -0.1) is 0 Å². The lowest BCUT2D eigenvalue weighted by molar-refractivity contribution is 0.129. The molecular formula is C8H16FNO. The van der Waals surface area contributed by atoms with Crippen molar-refractivity contribution in [2.45, 2.75) is 12.5 Å². The molecule has 1 saturated heterocycles. The maximum atomic E-state index is 12.2. The Morgan fingerprint density at radius 3 is 2.82 bits per heavy atom. The third-order valence-electron chi connectivity index (χ3n) is 2.35. The summed E-state index contributed by atoms with van der Waals surface area (Å²) in [6.45, 7) is 1.42. The molecule has 1 heterocycles. The second-order valence-electron chi connectivity index (χ2n) is 3.30. The SMILES string of the molecule is COCC1CC(CF)CN1C. The van der Waals surface area contributed by atoms with Crippen LogP contribution in [-0.2, 0) is 4.74 Å². The van der Waals surface area contributed by atoms with E-state index in [0.717, 1.165) is 19.6 Å². The van der Waals surface area contributed by atoms with Crippen molar-refractivity contribution < 1.29 is 9.13 Å². The largest absolute Gasteiger partial charge is 0.383 e. The molecular weight excluding hydrogens is 145 g/mol. The van der Waals surface area contributed by atoms with Gasteiger partial charge in [-0.3, -0.25) is 4.39 Å². The molecule has 0 aliphatic carbocycles. The van der Waals surface area contributed by atoms with Crippen LogP contribution in [0.1, 0.15) is 6.42 Å². The molecule has 0 aromatic rings. The first-order valence-electron chi connectivity index (χ1n) is 4.03. The summed E-state index contributed by atoms with van der Waals surface area (Å²) in [5, 5.41) is 0. The molecule has 2 nitrogen and oxygen atoms in total. The first-order chi connectivity index (χ1) is 5.27. The average Bonchev–Trinajstić information content (AvgIpc) is 2.33. The van der Waals surface area contributed by atoms with Gasteiger partial charge >= 0.3 is 0 Å². The molecule has 1 aliphatic heterocycles. The molecule has 66 valence electrons. The van der Waals surface area contributed by atoms with E-state index < -0.39 is 0 Å². The van der Waals surface area contributed by atoms with Crippen LogP contribution in [0.15, 0.2) is 0 Å². The number of halogens is 1. The highest BCUT2D eigenvalue weighted by Gasteiger charge is 2.28. The summed E-state index contributed by atoms with van der Waals surface area (Å²) < 4.78 is 17.2. The third kappa shape index (κ3) is 2.14. The Hall–Kier alpha value is -0.150. The van der Waals surface area contributed by atoms with Gasteiger partial charge in [-0.05, 0) is 13.5 Å². The van der Waals surface area contributed by atoms with Crippen molar-refractivity contribution in [3.63, 3.8) is 0 Å². The number of hydrogen-bond acceptors (Lipinski definition) is 2. The lowest BCUT2D eigenvalue weighted by atomic mass is 10.1. The molecule has 0 amide bonds. The monoisotopic (exact) mass is 161 g/mol. The van der Waals surface area contributed by atoms with E-state index in [1.807, 2.05) is 7.05 Å². The first-order valence-corrected chi connectivity index (χ1v) is 4.03. The summed E-state index contributed by atoms with van der Waals surface area (Å²) in [5.74, 6) is 0.236. The van der Waals surface area contributed by atoms with E-state index in [1.165, 1.54) is 0 Å². The summed E-state index contributed by atoms with van der Waals surface area (Å²) in [4.78, 5) is 2.17. The van der Waals surface area contributed by atoms with Crippen molar-refractivity contribution in [2.24, 2.45) is 5.92 Å². The van der Waals surface area contributed by atoms with Gasteiger partial charge in [0.2, 0.25) is 0 Å². The molecule has 0 aromatic heterocycles. The van der Waals surface area contributed by atoms with Gasteiger partial charge in [-0.1, -0.05) is 0 Å². The molecule has 1 fully saturated rings. The van der Waals surface area contributed by atoms with E-state index in [2.05, 4.69) is 4.90 Å². The second kappa shape index (κ2) is 4.02. The standard InChI is InChI=1S/C8H16FNO/c1-10-5-7(4-9)3-8(10)6-11-2/h7-8H,3-6H2,1-2H3. The summed E-state index contributed by atoms with van der Waals surface area (Å²) in [7, 11) is 3.72. The molecule has 0 bridgehead atoms. The lowest BCUT2D eigenvalue weighted by Crippen LogP contribution is -2.28. The molecule has 2 atom stereocenters. The van der Waals surface area contributed by atoms with Crippen LogP contribution < -0.4 is 0 Å². The Labute approximate surface area is 67.3 Å². The van der Waals surface area contributed by atoms with Crippen LogP contribution in [-0.4, -0.2) is 44.9 Å². The summed E-state index contributed by atoms with van der Waals surface area (Å²) in [6.07, 6.45) is 0.945. The molecule has 3 heteroatoms. The molecule has 1 rings (SSSR count). The number of alkyl halides is 1. The highest BCUT2D eigenvalue weighted by molar-refractivity contribution is 4.82. The maximum absolute atomic E-state index is 12.2. The van der Waals surface area contributed by atoms with Gasteiger partial charge in [0, 0.05) is 25.6 Å². The highest BCUT2D eigenvalue weighted by Crippen LogP contribution is 2.21. The van der Waals surface area contributed by atoms with Crippen LogP contribution in [0.2, 0.25) is 0 Å². The molecule has 0 saturated carbocycles. The van der Waals surface area contributed by atoms with Gasteiger partial charge in [0.15, 0.2) is 0 Å². The molecule has 0 aromatic carbocycles. The maximum Gasteiger partial charge on any atom is 0.0935 e. The van der Waals surface area contributed by atoms with Gasteiger partial charge in [0.05, 0.1) is 13.3 Å². The zero-order valence-corrected chi connectivity index (χ0v) is 7.22. The van der Waals surface area contributed by atoms with E-state index in [1.54, 1.807) is 7.11 Å². The molecule has 11 heavy (non-hydrogen) atoms. The molecule has 1 aliphatic rings. The molecule has 0 spiro atoms. The third-order valence-corrected chi connectivity index (χ3v) is 2.35. The highest BCUT2D eigenvalue weighted by atomic mass is 19.1. The summed E-state index contributed by atoms with van der Waals surface area (Å²) in [5.41, 5.74) is 0. The van der Waals surface area contributed by atoms with Crippen molar-refractivity contribution in [3.8, 4) is 0 Å². The number of rotatable bonds is 3. The fourth-order valence-corrected chi connectivity index (χ4v) is 1.70. The Morgan fingerprint density at radius 2 is 2.36 bits per heavy atom. The number of likely N-dealkylation sites (N-methyl/N-ethyl adjacent to an activating group) is 1. The quantitative estimate of drug-likeness (QED) is 0.610. The van der Waals surface area contributed by atoms with E-state index in [4.69, 9.17) is 4.74 Å². The smallest absolute Gasteiger partial charge is 0.0935 e. The van der Waals surface area contributed by atoms with E-state index >= 15 is 0 Å². The zero-order valence-electron chi connectivity index (χ0n) is 7.22. The number of nitrogens with zero attached hydrogens (tertiary/aromatic N) is 1. The van der Waals surface area contributed by atoms with Crippen molar-refractivity contribution >= 4 is 0 Å². The fourth-order valence-electron chi connectivity index (χ4n) is 1.70. The molecule has 2 unspecified atom stereocenters. The summed E-state index contributed by atoms with van der Waals surface area (Å²) in [6, 6.07) is 0.431. The van der Waals surface area contributed by atoms with Crippen LogP contribution in [0.5, 0.6) is 0 Å². The number of hydrogen-bond donors (Lipinski definition) is 0. The zero-order chi connectivity index (χ0) is 8.27. The number of likely N-dealkylation sites (tertiary alicyclic amines) is 1. The van der Waals surface area contributed by atoms with E-state index in [-0.39, 0.29) is 12.6 Å². The Kier molecular flexibility index (Phi) is 3.27. The van der Waals surface area contributed by atoms with Crippen LogP contribution >= 0.6 is 0 Å². The topological polar surface area (TPSA) is 12.5 Å². The van der Waals surface area contributed by atoms with E-state index in [9.17, 15) is 4.39 Å². The summed E-state index contributed by atoms with van der Waals surface area (Å²) >= 11 is 0. The normalized spacial score (nSPS) is 33.0. The molecule has 0 N–H and O–H groups in total. The minimum atomic E-state index is -0.190. The predicted octanol–water partition coefficient (Wildman–Crippen LogP) is 0.923. The van der Waals surface area contributed by atoms with Gasteiger partial charge in [-0.2, -0.15) is 0 Å². The average molecular weight is 161 g/mol. The van der Waals surface area contributed by atoms with Gasteiger partial charge in [-0.25, -0.2) is 0 Å². The van der Waals surface area contributed by atoms with E-state index in [0.29, 0.717) is 6.04 Å². The van der Waals surface area contributed by atoms with Gasteiger partial charge in [0.1, 0.15) is 0 Å². The van der Waals surface area contributed by atoms with Crippen molar-refractivity contribution in [2.75, 3.05) is 34.0 Å². The van der Waals surface area contributed by atoms with Crippen LogP contribution in [0.3, 0.4) is 0 Å². The van der Waals surface area contributed by atoms with Crippen molar-refractivity contribution in [1.82, 2.24) is 4.90 Å². The minimum Gasteiger partial charge on any atom is -0.383 e. The fraction of sp³-hybridized carbons (Fsp3) is 1.00. The van der Waals surface area contributed by atoms with Crippen LogP contribution in [0.4, 0.5) is 4.39 Å². The molecule has 0 radical (unpaired) electrons. The van der Waals surface area contributed by atoms with Crippen LogP contribution in [0, 0.1) is 5.92 Å². The van der Waals surface area contributed by atoms with Crippen molar-refractivity contribution in [1.29, 1.82) is 0 Å². The Bertz CT molecular complexity index is 121. The minimum absolute atomic E-state index is 0.190. The van der Waals surface area contributed by atoms with Crippen molar-refractivity contribution in [3.05, 3.63) is 0 Å².